The number of amides is 1. The maximum atomic E-state index is 12.1. The zero-order chi connectivity index (χ0) is 19.4. The highest BCUT2D eigenvalue weighted by molar-refractivity contribution is 7.89. The topological polar surface area (TPSA) is 75.7 Å². The molecule has 0 aromatic heterocycles. The maximum absolute atomic E-state index is 12.1. The second kappa shape index (κ2) is 8.29. The summed E-state index contributed by atoms with van der Waals surface area (Å²) in [6.07, 6.45) is 0.667. The summed E-state index contributed by atoms with van der Waals surface area (Å²) in [5.41, 5.74) is 2.63. The molecule has 0 fully saturated rings. The van der Waals surface area contributed by atoms with Gasteiger partial charge in [0.25, 0.3) is 5.91 Å². The Morgan fingerprint density at radius 2 is 2.04 bits per heavy atom. The van der Waals surface area contributed by atoms with E-state index >= 15 is 0 Å². The Kier molecular flexibility index (Phi) is 6.04. The van der Waals surface area contributed by atoms with Gasteiger partial charge in [-0.1, -0.05) is 23.7 Å². The third-order valence-corrected chi connectivity index (χ3v) is 6.45. The smallest absolute Gasteiger partial charge is 0.262 e. The minimum absolute atomic E-state index is 0.0829. The number of nitrogens with one attached hydrogen (secondary N) is 1. The fourth-order valence-corrected chi connectivity index (χ4v) is 4.18. The number of hydrogen-bond donors (Lipinski definition) is 1. The van der Waals surface area contributed by atoms with Crippen molar-refractivity contribution in [2.75, 3.05) is 24.2 Å². The summed E-state index contributed by atoms with van der Waals surface area (Å²) in [5.74, 6) is 0.298. The van der Waals surface area contributed by atoms with Gasteiger partial charge in [-0.2, -0.15) is 4.31 Å². The van der Waals surface area contributed by atoms with Gasteiger partial charge in [-0.05, 0) is 54.8 Å². The van der Waals surface area contributed by atoms with Crippen LogP contribution in [0.25, 0.3) is 0 Å². The molecule has 1 heterocycles. The van der Waals surface area contributed by atoms with Crippen LogP contribution in [0.15, 0.2) is 42.5 Å². The second-order valence-electron chi connectivity index (χ2n) is 6.26. The summed E-state index contributed by atoms with van der Waals surface area (Å²) >= 11 is 5.88. The standard InChI is InChI=1S/C19H21ClN2O4S/c1-2-27(24,25)22-9-8-14-6-7-17(10-15(14)12-22)21-19(23)13-26-18-5-3-4-16(20)11-18/h3-7,10-11H,2,8-9,12-13H2,1H3,(H,21,23). The van der Waals surface area contributed by atoms with E-state index < -0.39 is 10.0 Å². The summed E-state index contributed by atoms with van der Waals surface area (Å²) in [7, 11) is -3.23. The van der Waals surface area contributed by atoms with Gasteiger partial charge >= 0.3 is 0 Å². The summed E-state index contributed by atoms with van der Waals surface area (Å²) in [6.45, 7) is 2.31. The lowest BCUT2D eigenvalue weighted by Gasteiger charge is -2.28. The van der Waals surface area contributed by atoms with E-state index in [0.717, 1.165) is 11.1 Å². The molecule has 0 aliphatic carbocycles. The Morgan fingerprint density at radius 1 is 1.22 bits per heavy atom. The predicted molar refractivity (Wildman–Crippen MR) is 106 cm³/mol. The summed E-state index contributed by atoms with van der Waals surface area (Å²) in [5, 5.41) is 3.32. The van der Waals surface area contributed by atoms with Crippen LogP contribution in [-0.4, -0.2) is 37.5 Å². The second-order valence-corrected chi connectivity index (χ2v) is 8.96. The van der Waals surface area contributed by atoms with Crippen molar-refractivity contribution in [1.82, 2.24) is 4.31 Å². The Balaban J connectivity index is 1.63. The molecule has 0 unspecified atom stereocenters. The molecule has 0 spiro atoms. The first kappa shape index (κ1) is 19.7. The lowest BCUT2D eigenvalue weighted by atomic mass is 10.0. The molecule has 27 heavy (non-hydrogen) atoms. The number of rotatable bonds is 6. The Hall–Kier alpha value is -2.09. The van der Waals surface area contributed by atoms with E-state index in [-0.39, 0.29) is 18.3 Å². The van der Waals surface area contributed by atoms with E-state index in [9.17, 15) is 13.2 Å². The average Bonchev–Trinajstić information content (AvgIpc) is 2.66. The van der Waals surface area contributed by atoms with Crippen LogP contribution < -0.4 is 10.1 Å². The Bertz CT molecular complexity index is 946. The minimum Gasteiger partial charge on any atom is -0.484 e. The molecule has 1 aliphatic rings. The van der Waals surface area contributed by atoms with Crippen LogP contribution in [0.3, 0.4) is 0 Å². The molecular formula is C19H21ClN2O4S. The first-order chi connectivity index (χ1) is 12.9. The normalized spacial score (nSPS) is 14.4. The van der Waals surface area contributed by atoms with Crippen molar-refractivity contribution in [3.05, 3.63) is 58.6 Å². The molecule has 8 heteroatoms. The van der Waals surface area contributed by atoms with Crippen LogP contribution >= 0.6 is 11.6 Å². The van der Waals surface area contributed by atoms with Gasteiger partial charge in [0.1, 0.15) is 5.75 Å². The van der Waals surface area contributed by atoms with Crippen molar-refractivity contribution in [3.63, 3.8) is 0 Å². The predicted octanol–water partition coefficient (Wildman–Crippen LogP) is 3.07. The van der Waals surface area contributed by atoms with Crippen molar-refractivity contribution in [3.8, 4) is 5.75 Å². The third-order valence-electron chi connectivity index (χ3n) is 4.39. The molecule has 0 saturated carbocycles. The first-order valence-electron chi connectivity index (χ1n) is 8.65. The number of halogens is 1. The van der Waals surface area contributed by atoms with E-state index in [4.69, 9.17) is 16.3 Å². The maximum Gasteiger partial charge on any atom is 0.262 e. The zero-order valence-electron chi connectivity index (χ0n) is 14.9. The van der Waals surface area contributed by atoms with Crippen molar-refractivity contribution in [1.29, 1.82) is 0 Å². The molecular weight excluding hydrogens is 388 g/mol. The van der Waals surface area contributed by atoms with Gasteiger partial charge in [-0.25, -0.2) is 8.42 Å². The largest absolute Gasteiger partial charge is 0.484 e. The van der Waals surface area contributed by atoms with Crippen LogP contribution in [0, 0.1) is 0 Å². The highest BCUT2D eigenvalue weighted by Gasteiger charge is 2.25. The fraction of sp³-hybridized carbons (Fsp3) is 0.316. The Labute approximate surface area is 164 Å². The number of sulfonamides is 1. The van der Waals surface area contributed by atoms with Crippen LogP contribution in [0.2, 0.25) is 5.02 Å². The van der Waals surface area contributed by atoms with E-state index in [1.807, 2.05) is 18.2 Å². The van der Waals surface area contributed by atoms with E-state index in [0.29, 0.717) is 36.0 Å². The fourth-order valence-electron chi connectivity index (χ4n) is 2.93. The van der Waals surface area contributed by atoms with Gasteiger partial charge in [0.2, 0.25) is 10.0 Å². The summed E-state index contributed by atoms with van der Waals surface area (Å²) in [6, 6.07) is 12.4. The average molecular weight is 409 g/mol. The zero-order valence-corrected chi connectivity index (χ0v) is 16.5. The van der Waals surface area contributed by atoms with Gasteiger partial charge in [0.15, 0.2) is 6.61 Å². The molecule has 3 rings (SSSR count). The molecule has 0 radical (unpaired) electrons. The number of carbonyl (C=O) groups excluding carboxylic acids is 1. The van der Waals surface area contributed by atoms with Crippen molar-refractivity contribution >= 4 is 33.2 Å². The van der Waals surface area contributed by atoms with E-state index in [1.54, 1.807) is 31.2 Å². The van der Waals surface area contributed by atoms with Gasteiger partial charge in [0, 0.05) is 23.8 Å². The number of nitrogens with zero attached hydrogens (tertiary/aromatic N) is 1. The molecule has 2 aromatic carbocycles. The van der Waals surface area contributed by atoms with Gasteiger partial charge in [0.05, 0.1) is 5.75 Å². The van der Waals surface area contributed by atoms with Crippen LogP contribution in [0.1, 0.15) is 18.1 Å². The van der Waals surface area contributed by atoms with Crippen LogP contribution in [0.4, 0.5) is 5.69 Å². The van der Waals surface area contributed by atoms with E-state index in [2.05, 4.69) is 5.32 Å². The van der Waals surface area contributed by atoms with Crippen LogP contribution in [-0.2, 0) is 27.8 Å². The summed E-state index contributed by atoms with van der Waals surface area (Å²) in [4.78, 5) is 12.1. The molecule has 1 amide bonds. The number of anilines is 1. The van der Waals surface area contributed by atoms with Gasteiger partial charge in [-0.3, -0.25) is 4.79 Å². The molecule has 6 nitrogen and oxygen atoms in total. The number of fused-ring (bicyclic) bond motifs is 1. The monoisotopic (exact) mass is 408 g/mol. The highest BCUT2D eigenvalue weighted by Crippen LogP contribution is 2.24. The molecule has 144 valence electrons. The number of benzene rings is 2. The van der Waals surface area contributed by atoms with Crippen molar-refractivity contribution < 1.29 is 17.9 Å². The van der Waals surface area contributed by atoms with Crippen LogP contribution in [0.5, 0.6) is 5.75 Å². The molecule has 2 aromatic rings. The third kappa shape index (κ3) is 5.00. The summed E-state index contributed by atoms with van der Waals surface area (Å²) < 4.78 is 31.1. The Morgan fingerprint density at radius 3 is 2.78 bits per heavy atom. The molecule has 1 N–H and O–H groups in total. The quantitative estimate of drug-likeness (QED) is 0.797. The first-order valence-corrected chi connectivity index (χ1v) is 10.6. The van der Waals surface area contributed by atoms with Crippen molar-refractivity contribution in [2.45, 2.75) is 19.9 Å². The van der Waals surface area contributed by atoms with Gasteiger partial charge in [-0.15, -0.1) is 0 Å². The SMILES string of the molecule is CCS(=O)(=O)N1CCc2ccc(NC(=O)COc3cccc(Cl)c3)cc2C1. The van der Waals surface area contributed by atoms with Gasteiger partial charge < -0.3 is 10.1 Å². The number of hydrogen-bond acceptors (Lipinski definition) is 4. The van der Waals surface area contributed by atoms with Crippen molar-refractivity contribution in [2.24, 2.45) is 0 Å². The number of carbonyl (C=O) groups is 1. The highest BCUT2D eigenvalue weighted by atomic mass is 35.5. The van der Waals surface area contributed by atoms with E-state index in [1.165, 1.54) is 4.31 Å². The lowest BCUT2D eigenvalue weighted by Crippen LogP contribution is -2.36. The molecule has 1 aliphatic heterocycles. The lowest BCUT2D eigenvalue weighted by molar-refractivity contribution is -0.118. The minimum atomic E-state index is -3.23. The molecule has 0 atom stereocenters. The molecule has 0 bridgehead atoms. The number of ether oxygens (including phenoxy) is 1. The molecule has 0 saturated heterocycles.